The van der Waals surface area contributed by atoms with Crippen LogP contribution in [0.3, 0.4) is 0 Å². The molecule has 0 aromatic carbocycles. The van der Waals surface area contributed by atoms with E-state index < -0.39 is 10.5 Å². The van der Waals surface area contributed by atoms with E-state index in [1.807, 2.05) is 0 Å². The van der Waals surface area contributed by atoms with Crippen LogP contribution in [-0.2, 0) is 11.3 Å². The summed E-state index contributed by atoms with van der Waals surface area (Å²) in [5, 5.41) is 10.7. The van der Waals surface area contributed by atoms with E-state index in [0.29, 0.717) is 13.1 Å². The predicted molar refractivity (Wildman–Crippen MR) is 72.4 cm³/mol. The van der Waals surface area contributed by atoms with Gasteiger partial charge < -0.3 is 4.90 Å². The van der Waals surface area contributed by atoms with Gasteiger partial charge in [0.15, 0.2) is 0 Å². The summed E-state index contributed by atoms with van der Waals surface area (Å²) < 4.78 is 1.10. The van der Waals surface area contributed by atoms with E-state index in [0.717, 1.165) is 48.6 Å². The Balaban J connectivity index is 2.12. The molecule has 0 bridgehead atoms. The summed E-state index contributed by atoms with van der Waals surface area (Å²) in [5.41, 5.74) is -0.591. The molecule has 1 aromatic rings. The maximum absolute atomic E-state index is 12.2. The van der Waals surface area contributed by atoms with Gasteiger partial charge in [0.25, 0.3) is 11.2 Å². The summed E-state index contributed by atoms with van der Waals surface area (Å²) in [6.45, 7) is 1.26. The van der Waals surface area contributed by atoms with Gasteiger partial charge in [-0.2, -0.15) is 0 Å². The number of hydrogen-bond donors (Lipinski definition) is 0. The minimum absolute atomic E-state index is 0.138. The highest BCUT2D eigenvalue weighted by Gasteiger charge is 2.17. The van der Waals surface area contributed by atoms with Gasteiger partial charge in [-0.25, -0.2) is 0 Å². The Morgan fingerprint density at radius 2 is 1.85 bits per heavy atom. The van der Waals surface area contributed by atoms with Crippen LogP contribution in [-0.4, -0.2) is 33.4 Å². The number of amides is 1. The topological polar surface area (TPSA) is 85.5 Å². The average molecular weight is 279 g/mol. The van der Waals surface area contributed by atoms with Crippen LogP contribution >= 0.6 is 0 Å². The molecule has 0 radical (unpaired) electrons. The molecule has 0 aliphatic carbocycles. The van der Waals surface area contributed by atoms with Crippen molar-refractivity contribution < 1.29 is 9.72 Å². The van der Waals surface area contributed by atoms with Crippen LogP contribution in [0, 0.1) is 10.1 Å². The first-order chi connectivity index (χ1) is 9.58. The lowest BCUT2D eigenvalue weighted by Crippen LogP contribution is -2.36. The molecule has 0 saturated carbocycles. The first-order valence-electron chi connectivity index (χ1n) is 6.70. The lowest BCUT2D eigenvalue weighted by molar-refractivity contribution is -0.385. The van der Waals surface area contributed by atoms with Crippen LogP contribution in [0.5, 0.6) is 0 Å². The second kappa shape index (κ2) is 6.31. The van der Waals surface area contributed by atoms with E-state index >= 15 is 0 Å². The van der Waals surface area contributed by atoms with Gasteiger partial charge in [-0.15, -0.1) is 0 Å². The number of likely N-dealkylation sites (tertiary alicyclic amines) is 1. The number of pyridine rings is 1. The standard InChI is InChI=1S/C13H17N3O4/c17-12-6-5-11(16(19)20)9-15(12)10-13(18)14-7-3-1-2-4-8-14/h5-6,9H,1-4,7-8,10H2. The summed E-state index contributed by atoms with van der Waals surface area (Å²) in [4.78, 5) is 35.6. The predicted octanol–water partition coefficient (Wildman–Crippen LogP) is 1.16. The largest absolute Gasteiger partial charge is 0.341 e. The average Bonchev–Trinajstić information content (AvgIpc) is 2.70. The Labute approximate surface area is 116 Å². The number of aromatic nitrogens is 1. The second-order valence-electron chi connectivity index (χ2n) is 4.91. The number of nitrogens with zero attached hydrogens (tertiary/aromatic N) is 3. The molecular formula is C13H17N3O4. The van der Waals surface area contributed by atoms with Gasteiger partial charge in [-0.3, -0.25) is 24.3 Å². The lowest BCUT2D eigenvalue weighted by atomic mass is 10.2. The number of carbonyl (C=O) groups is 1. The molecule has 7 heteroatoms. The molecule has 108 valence electrons. The van der Waals surface area contributed by atoms with E-state index in [9.17, 15) is 19.7 Å². The minimum atomic E-state index is -0.577. The third kappa shape index (κ3) is 3.43. The molecule has 1 aromatic heterocycles. The molecule has 1 aliphatic heterocycles. The Morgan fingerprint density at radius 1 is 1.20 bits per heavy atom. The van der Waals surface area contributed by atoms with Crippen LogP contribution in [0.15, 0.2) is 23.1 Å². The summed E-state index contributed by atoms with van der Waals surface area (Å²) in [5.74, 6) is -0.158. The monoisotopic (exact) mass is 279 g/mol. The Bertz CT molecular complexity index is 559. The summed E-state index contributed by atoms with van der Waals surface area (Å²) in [6.07, 6.45) is 5.28. The normalized spacial score (nSPS) is 15.7. The molecule has 1 fully saturated rings. The fourth-order valence-corrected chi connectivity index (χ4v) is 2.32. The number of hydrogen-bond acceptors (Lipinski definition) is 4. The van der Waals surface area contributed by atoms with Crippen LogP contribution in [0.25, 0.3) is 0 Å². The maximum Gasteiger partial charge on any atom is 0.285 e. The van der Waals surface area contributed by atoms with Gasteiger partial charge in [-0.05, 0) is 12.8 Å². The van der Waals surface area contributed by atoms with E-state index in [2.05, 4.69) is 0 Å². The van der Waals surface area contributed by atoms with Crippen molar-refractivity contribution in [2.45, 2.75) is 32.2 Å². The van der Waals surface area contributed by atoms with E-state index in [1.165, 1.54) is 0 Å². The molecule has 20 heavy (non-hydrogen) atoms. The van der Waals surface area contributed by atoms with E-state index in [-0.39, 0.29) is 18.1 Å². The van der Waals surface area contributed by atoms with Crippen molar-refractivity contribution in [3.63, 3.8) is 0 Å². The number of carbonyl (C=O) groups excluding carboxylic acids is 1. The van der Waals surface area contributed by atoms with Gasteiger partial charge in [0.1, 0.15) is 6.54 Å². The third-order valence-electron chi connectivity index (χ3n) is 3.44. The Hall–Kier alpha value is -2.18. The highest BCUT2D eigenvalue weighted by molar-refractivity contribution is 5.76. The summed E-state index contributed by atoms with van der Waals surface area (Å²) >= 11 is 0. The Kier molecular flexibility index (Phi) is 4.49. The zero-order chi connectivity index (χ0) is 14.5. The molecule has 0 unspecified atom stereocenters. The van der Waals surface area contributed by atoms with Gasteiger partial charge in [-0.1, -0.05) is 12.8 Å². The molecule has 0 spiro atoms. The molecule has 0 atom stereocenters. The molecule has 2 heterocycles. The molecule has 1 amide bonds. The molecule has 0 N–H and O–H groups in total. The number of nitro groups is 1. The molecule has 1 saturated heterocycles. The molecule has 2 rings (SSSR count). The SMILES string of the molecule is O=C(Cn1cc([N+](=O)[O-])ccc1=O)N1CCCCCC1. The fraction of sp³-hybridized carbons (Fsp3) is 0.538. The number of rotatable bonds is 3. The van der Waals surface area contributed by atoms with Crippen molar-refractivity contribution in [3.8, 4) is 0 Å². The first kappa shape index (κ1) is 14.2. The highest BCUT2D eigenvalue weighted by Crippen LogP contribution is 2.11. The second-order valence-corrected chi connectivity index (χ2v) is 4.91. The van der Waals surface area contributed by atoms with Crippen molar-refractivity contribution in [2.75, 3.05) is 13.1 Å². The quantitative estimate of drug-likeness (QED) is 0.613. The fourth-order valence-electron chi connectivity index (χ4n) is 2.32. The van der Waals surface area contributed by atoms with Crippen LogP contribution < -0.4 is 5.56 Å². The van der Waals surface area contributed by atoms with Crippen molar-refractivity contribution in [2.24, 2.45) is 0 Å². The van der Waals surface area contributed by atoms with E-state index in [1.54, 1.807) is 4.90 Å². The maximum atomic E-state index is 12.2. The van der Waals surface area contributed by atoms with E-state index in [4.69, 9.17) is 0 Å². The molecule has 1 aliphatic rings. The van der Waals surface area contributed by atoms with Gasteiger partial charge in [0.2, 0.25) is 5.91 Å². The van der Waals surface area contributed by atoms with Crippen molar-refractivity contribution in [1.82, 2.24) is 9.47 Å². The molecular weight excluding hydrogens is 262 g/mol. The highest BCUT2D eigenvalue weighted by atomic mass is 16.6. The van der Waals surface area contributed by atoms with Crippen molar-refractivity contribution >= 4 is 11.6 Å². The van der Waals surface area contributed by atoms with Gasteiger partial charge >= 0.3 is 0 Å². The Morgan fingerprint density at radius 3 is 2.45 bits per heavy atom. The first-order valence-corrected chi connectivity index (χ1v) is 6.70. The smallest absolute Gasteiger partial charge is 0.285 e. The van der Waals surface area contributed by atoms with Crippen LogP contribution in [0.1, 0.15) is 25.7 Å². The van der Waals surface area contributed by atoms with Gasteiger partial charge in [0, 0.05) is 25.2 Å². The third-order valence-corrected chi connectivity index (χ3v) is 3.44. The molecule has 7 nitrogen and oxygen atoms in total. The minimum Gasteiger partial charge on any atom is -0.341 e. The lowest BCUT2D eigenvalue weighted by Gasteiger charge is -2.20. The zero-order valence-electron chi connectivity index (χ0n) is 11.2. The summed E-state index contributed by atoms with van der Waals surface area (Å²) in [7, 11) is 0. The van der Waals surface area contributed by atoms with Crippen LogP contribution in [0.2, 0.25) is 0 Å². The van der Waals surface area contributed by atoms with Crippen molar-refractivity contribution in [1.29, 1.82) is 0 Å². The summed E-state index contributed by atoms with van der Waals surface area (Å²) in [6, 6.07) is 2.27. The van der Waals surface area contributed by atoms with Crippen molar-refractivity contribution in [3.05, 3.63) is 38.8 Å². The van der Waals surface area contributed by atoms with Gasteiger partial charge in [0.05, 0.1) is 11.1 Å². The van der Waals surface area contributed by atoms with Crippen LogP contribution in [0.4, 0.5) is 5.69 Å². The zero-order valence-corrected chi connectivity index (χ0v) is 11.2.